The van der Waals surface area contributed by atoms with Crippen LogP contribution in [-0.4, -0.2) is 38.9 Å². The molecule has 0 radical (unpaired) electrons. The number of amides is 2. The minimum Gasteiger partial charge on any atom is -0.325 e. The van der Waals surface area contributed by atoms with E-state index < -0.39 is 0 Å². The highest BCUT2D eigenvalue weighted by Crippen LogP contribution is 2.21. The van der Waals surface area contributed by atoms with Gasteiger partial charge in [-0.15, -0.1) is 10.2 Å². The maximum atomic E-state index is 12.8. The number of para-hydroxylation sites is 1. The molecule has 0 saturated heterocycles. The van der Waals surface area contributed by atoms with Crippen LogP contribution in [0.15, 0.2) is 90.3 Å². The van der Waals surface area contributed by atoms with Crippen LogP contribution in [0.4, 0.5) is 11.4 Å². The third-order valence-electron chi connectivity index (χ3n) is 5.44. The van der Waals surface area contributed by atoms with Crippen LogP contribution in [0.25, 0.3) is 5.69 Å². The first-order valence-electron chi connectivity index (χ1n) is 11.4. The van der Waals surface area contributed by atoms with Gasteiger partial charge < -0.3 is 10.2 Å². The van der Waals surface area contributed by atoms with Crippen LogP contribution in [0, 0.1) is 6.92 Å². The lowest BCUT2D eigenvalue weighted by molar-refractivity contribution is -0.118. The first kappa shape index (κ1) is 24.2. The summed E-state index contributed by atoms with van der Waals surface area (Å²) < 4.78 is 1.86. The molecule has 35 heavy (non-hydrogen) atoms. The highest BCUT2D eigenvalue weighted by molar-refractivity contribution is 7.99. The Kier molecular flexibility index (Phi) is 7.95. The minimum absolute atomic E-state index is 0.0320. The molecule has 1 N–H and O–H groups in total. The minimum atomic E-state index is -0.140. The fourth-order valence-corrected chi connectivity index (χ4v) is 4.35. The van der Waals surface area contributed by atoms with Gasteiger partial charge in [0, 0.05) is 23.6 Å². The van der Waals surface area contributed by atoms with E-state index in [9.17, 15) is 9.59 Å². The van der Waals surface area contributed by atoms with Gasteiger partial charge in [0.15, 0.2) is 5.16 Å². The van der Waals surface area contributed by atoms with Crippen molar-refractivity contribution in [3.63, 3.8) is 0 Å². The Balaban J connectivity index is 1.31. The molecule has 178 valence electrons. The first-order chi connectivity index (χ1) is 17.0. The topological polar surface area (TPSA) is 80.1 Å². The average Bonchev–Trinajstić information content (AvgIpc) is 3.34. The number of aryl methyl sites for hydroxylation is 1. The van der Waals surface area contributed by atoms with Gasteiger partial charge in [-0.1, -0.05) is 59.8 Å². The molecular weight excluding hydrogens is 458 g/mol. The largest absolute Gasteiger partial charge is 0.325 e. The number of hydrogen-bond acceptors (Lipinski definition) is 5. The molecule has 0 atom stereocenters. The molecule has 2 amide bonds. The van der Waals surface area contributed by atoms with Gasteiger partial charge in [-0.2, -0.15) is 0 Å². The van der Waals surface area contributed by atoms with Gasteiger partial charge in [0.05, 0.1) is 12.2 Å². The predicted molar refractivity (Wildman–Crippen MR) is 140 cm³/mol. The van der Waals surface area contributed by atoms with Crippen molar-refractivity contribution in [2.45, 2.75) is 25.4 Å². The molecule has 0 aliphatic rings. The summed E-state index contributed by atoms with van der Waals surface area (Å²) in [6.45, 7) is 4.60. The quantitative estimate of drug-likeness (QED) is 0.341. The highest BCUT2D eigenvalue weighted by atomic mass is 32.2. The Bertz CT molecular complexity index is 1270. The molecule has 4 aromatic rings. The fraction of sp³-hybridized carbons (Fsp3) is 0.185. The van der Waals surface area contributed by atoms with Crippen molar-refractivity contribution in [1.29, 1.82) is 0 Å². The molecule has 3 aromatic carbocycles. The number of likely N-dealkylation sites (N-methyl/N-ethyl adjacent to an activating group) is 1. The molecule has 7 nitrogen and oxygen atoms in total. The number of benzene rings is 3. The van der Waals surface area contributed by atoms with E-state index in [1.807, 2.05) is 97.3 Å². The molecule has 0 unspecified atom stereocenters. The Labute approximate surface area is 209 Å². The molecule has 0 spiro atoms. The number of hydrogen-bond donors (Lipinski definition) is 1. The van der Waals surface area contributed by atoms with Crippen molar-refractivity contribution in [2.24, 2.45) is 0 Å². The van der Waals surface area contributed by atoms with E-state index in [1.165, 1.54) is 17.3 Å². The zero-order chi connectivity index (χ0) is 24.6. The summed E-state index contributed by atoms with van der Waals surface area (Å²) in [6, 6.07) is 25.1. The van der Waals surface area contributed by atoms with Gasteiger partial charge in [0.1, 0.15) is 6.33 Å². The summed E-state index contributed by atoms with van der Waals surface area (Å²) in [7, 11) is 0. The second-order valence-electron chi connectivity index (χ2n) is 8.00. The van der Waals surface area contributed by atoms with E-state index in [0.717, 1.165) is 16.9 Å². The normalized spacial score (nSPS) is 10.7. The SMILES string of the molecule is CCN(C(=O)Cc1ccc(NC(=O)CSc2nncn2-c2ccc(C)cc2)cc1)c1ccccc1. The molecule has 0 bridgehead atoms. The molecular formula is C27H27N5O2S. The van der Waals surface area contributed by atoms with Gasteiger partial charge in [-0.25, -0.2) is 0 Å². The number of rotatable bonds is 9. The predicted octanol–water partition coefficient (Wildman–Crippen LogP) is 4.90. The highest BCUT2D eigenvalue weighted by Gasteiger charge is 2.15. The number of carbonyl (C=O) groups excluding carboxylic acids is 2. The number of anilines is 2. The van der Waals surface area contributed by atoms with Crippen molar-refractivity contribution in [1.82, 2.24) is 14.8 Å². The number of thioether (sulfide) groups is 1. The smallest absolute Gasteiger partial charge is 0.234 e. The third kappa shape index (κ3) is 6.36. The van der Waals surface area contributed by atoms with Crippen LogP contribution in [0.1, 0.15) is 18.1 Å². The Morgan fingerprint density at radius 1 is 0.971 bits per heavy atom. The average molecular weight is 486 g/mol. The van der Waals surface area contributed by atoms with Crippen LogP contribution >= 0.6 is 11.8 Å². The summed E-state index contributed by atoms with van der Waals surface area (Å²) in [5, 5.41) is 11.7. The Hall–Kier alpha value is -3.91. The van der Waals surface area contributed by atoms with Crippen molar-refractivity contribution >= 4 is 35.0 Å². The fourth-order valence-electron chi connectivity index (χ4n) is 3.62. The van der Waals surface area contributed by atoms with Gasteiger partial charge in [-0.3, -0.25) is 14.2 Å². The summed E-state index contributed by atoms with van der Waals surface area (Å²) in [5.74, 6) is 0.0935. The van der Waals surface area contributed by atoms with Gasteiger partial charge >= 0.3 is 0 Å². The van der Waals surface area contributed by atoms with Crippen molar-refractivity contribution < 1.29 is 9.59 Å². The molecule has 0 fully saturated rings. The van der Waals surface area contributed by atoms with Crippen molar-refractivity contribution in [3.8, 4) is 5.69 Å². The van der Waals surface area contributed by atoms with Crippen LogP contribution in [0.5, 0.6) is 0 Å². The lowest BCUT2D eigenvalue weighted by Gasteiger charge is -2.21. The van der Waals surface area contributed by atoms with E-state index in [0.29, 0.717) is 23.8 Å². The summed E-state index contributed by atoms with van der Waals surface area (Å²) in [6.07, 6.45) is 1.93. The lowest BCUT2D eigenvalue weighted by Crippen LogP contribution is -2.31. The van der Waals surface area contributed by atoms with E-state index >= 15 is 0 Å². The monoisotopic (exact) mass is 485 g/mol. The molecule has 1 heterocycles. The van der Waals surface area contributed by atoms with E-state index in [2.05, 4.69) is 15.5 Å². The second-order valence-corrected chi connectivity index (χ2v) is 8.95. The van der Waals surface area contributed by atoms with Gasteiger partial charge in [0.2, 0.25) is 11.8 Å². The van der Waals surface area contributed by atoms with E-state index in [1.54, 1.807) is 11.2 Å². The second kappa shape index (κ2) is 11.5. The van der Waals surface area contributed by atoms with E-state index in [4.69, 9.17) is 0 Å². The Morgan fingerprint density at radius 2 is 1.69 bits per heavy atom. The zero-order valence-corrected chi connectivity index (χ0v) is 20.5. The molecule has 0 aliphatic heterocycles. The number of nitrogens with zero attached hydrogens (tertiary/aromatic N) is 4. The zero-order valence-electron chi connectivity index (χ0n) is 19.7. The maximum absolute atomic E-state index is 12.8. The molecule has 8 heteroatoms. The molecule has 0 saturated carbocycles. The van der Waals surface area contributed by atoms with Crippen molar-refractivity contribution in [3.05, 3.63) is 96.3 Å². The first-order valence-corrected chi connectivity index (χ1v) is 12.4. The molecule has 4 rings (SSSR count). The van der Waals surface area contributed by atoms with Crippen LogP contribution < -0.4 is 10.2 Å². The molecule has 0 aliphatic carbocycles. The van der Waals surface area contributed by atoms with Crippen LogP contribution in [0.3, 0.4) is 0 Å². The van der Waals surface area contributed by atoms with Crippen LogP contribution in [-0.2, 0) is 16.0 Å². The number of aromatic nitrogens is 3. The number of nitrogens with one attached hydrogen (secondary N) is 1. The standard InChI is InChI=1S/C27H27N5O2S/c1-3-31(23-7-5-4-6-8-23)26(34)17-21-11-13-22(14-12-21)29-25(33)18-35-27-30-28-19-32(27)24-15-9-20(2)10-16-24/h4-16,19H,3,17-18H2,1-2H3,(H,29,33). The molecule has 1 aromatic heterocycles. The lowest BCUT2D eigenvalue weighted by atomic mass is 10.1. The summed E-state index contributed by atoms with van der Waals surface area (Å²) >= 11 is 1.32. The summed E-state index contributed by atoms with van der Waals surface area (Å²) in [5.41, 5.74) is 4.58. The van der Waals surface area contributed by atoms with Gasteiger partial charge in [-0.05, 0) is 55.8 Å². The van der Waals surface area contributed by atoms with E-state index in [-0.39, 0.29) is 17.6 Å². The summed E-state index contributed by atoms with van der Waals surface area (Å²) in [4.78, 5) is 27.1. The van der Waals surface area contributed by atoms with Gasteiger partial charge in [0.25, 0.3) is 0 Å². The van der Waals surface area contributed by atoms with Crippen LogP contribution in [0.2, 0.25) is 0 Å². The van der Waals surface area contributed by atoms with Crippen molar-refractivity contribution in [2.75, 3.05) is 22.5 Å². The maximum Gasteiger partial charge on any atom is 0.234 e. The Morgan fingerprint density at radius 3 is 2.37 bits per heavy atom. The number of carbonyl (C=O) groups is 2. The third-order valence-corrected chi connectivity index (χ3v) is 6.38.